The highest BCUT2D eigenvalue weighted by Crippen LogP contribution is 2.36. The van der Waals surface area contributed by atoms with Gasteiger partial charge in [0.15, 0.2) is 5.16 Å². The Morgan fingerprint density at radius 1 is 1.06 bits per heavy atom. The van der Waals surface area contributed by atoms with E-state index in [2.05, 4.69) is 45.7 Å². The van der Waals surface area contributed by atoms with Gasteiger partial charge >= 0.3 is 0 Å². The van der Waals surface area contributed by atoms with Gasteiger partial charge in [0, 0.05) is 30.1 Å². The Morgan fingerprint density at radius 3 is 2.52 bits per heavy atom. The smallest absolute Gasteiger partial charge is 0.269 e. The summed E-state index contributed by atoms with van der Waals surface area (Å²) < 4.78 is 7.91. The van der Waals surface area contributed by atoms with E-state index in [0.717, 1.165) is 10.8 Å². The third-order valence-electron chi connectivity index (χ3n) is 4.82. The first kappa shape index (κ1) is 20.8. The summed E-state index contributed by atoms with van der Waals surface area (Å²) in [4.78, 5) is 14.9. The molecule has 0 spiro atoms. The van der Waals surface area contributed by atoms with Crippen molar-refractivity contribution in [1.82, 2.24) is 19.7 Å². The Bertz CT molecular complexity index is 1200. The fourth-order valence-corrected chi connectivity index (χ4v) is 4.11. The molecule has 0 aliphatic rings. The number of hydrogen-bond donors (Lipinski definition) is 0. The minimum Gasteiger partial charge on any atom is -0.419 e. The van der Waals surface area contributed by atoms with Crippen LogP contribution in [0.5, 0.6) is 0 Å². The summed E-state index contributed by atoms with van der Waals surface area (Å²) in [5.74, 6) is 1.17. The van der Waals surface area contributed by atoms with E-state index in [1.54, 1.807) is 18.3 Å². The van der Waals surface area contributed by atoms with Crippen LogP contribution in [0.4, 0.5) is 5.69 Å². The highest BCUT2D eigenvalue weighted by atomic mass is 32.2. The van der Waals surface area contributed by atoms with Crippen molar-refractivity contribution in [3.63, 3.8) is 0 Å². The maximum atomic E-state index is 10.8. The molecule has 0 radical (unpaired) electrons. The number of benzene rings is 2. The minimum absolute atomic E-state index is 0.0147. The number of hydrogen-bond acceptors (Lipinski definition) is 7. The van der Waals surface area contributed by atoms with Gasteiger partial charge in [0.1, 0.15) is 0 Å². The molecular weight excluding hydrogens is 414 g/mol. The lowest BCUT2D eigenvalue weighted by Gasteiger charge is -2.16. The number of nitrogens with zero attached hydrogens (tertiary/aromatic N) is 5. The molecule has 4 rings (SSSR count). The summed E-state index contributed by atoms with van der Waals surface area (Å²) in [7, 11) is 0. The lowest BCUT2D eigenvalue weighted by molar-refractivity contribution is -0.384. The first-order valence-electron chi connectivity index (χ1n) is 9.81. The molecule has 0 amide bonds. The van der Waals surface area contributed by atoms with E-state index in [-0.39, 0.29) is 10.9 Å². The molecule has 9 heteroatoms. The number of nitro benzene ring substituents is 1. The molecule has 2 aromatic heterocycles. The lowest BCUT2D eigenvalue weighted by Crippen LogP contribution is -2.02. The largest absolute Gasteiger partial charge is 0.419 e. The predicted molar refractivity (Wildman–Crippen MR) is 118 cm³/mol. The van der Waals surface area contributed by atoms with Gasteiger partial charge in [-0.1, -0.05) is 43.8 Å². The van der Waals surface area contributed by atoms with E-state index in [1.165, 1.54) is 29.5 Å². The lowest BCUT2D eigenvalue weighted by atomic mass is 10.0. The maximum Gasteiger partial charge on any atom is 0.269 e. The van der Waals surface area contributed by atoms with E-state index in [9.17, 15) is 10.1 Å². The zero-order valence-corrected chi connectivity index (χ0v) is 18.1. The van der Waals surface area contributed by atoms with Crippen molar-refractivity contribution >= 4 is 17.4 Å². The molecule has 1 atom stereocenters. The van der Waals surface area contributed by atoms with Gasteiger partial charge in [-0.2, -0.15) is 0 Å². The van der Waals surface area contributed by atoms with Crippen LogP contribution in [0.3, 0.4) is 0 Å². The van der Waals surface area contributed by atoms with E-state index >= 15 is 0 Å². The van der Waals surface area contributed by atoms with Crippen LogP contribution in [0.25, 0.3) is 17.1 Å². The van der Waals surface area contributed by atoms with E-state index in [1.807, 2.05) is 25.3 Å². The molecule has 1 unspecified atom stereocenters. The van der Waals surface area contributed by atoms with Crippen molar-refractivity contribution in [1.29, 1.82) is 0 Å². The molecule has 0 saturated heterocycles. The van der Waals surface area contributed by atoms with Gasteiger partial charge in [-0.15, -0.1) is 10.2 Å². The van der Waals surface area contributed by atoms with Crippen LogP contribution in [0.1, 0.15) is 43.4 Å². The molecule has 2 heterocycles. The highest BCUT2D eigenvalue weighted by Gasteiger charge is 2.20. The van der Waals surface area contributed by atoms with Crippen molar-refractivity contribution in [2.24, 2.45) is 0 Å². The van der Waals surface area contributed by atoms with E-state index in [0.29, 0.717) is 23.3 Å². The van der Waals surface area contributed by atoms with Crippen LogP contribution in [-0.4, -0.2) is 24.7 Å². The highest BCUT2D eigenvalue weighted by molar-refractivity contribution is 7.99. The molecule has 8 nitrogen and oxygen atoms in total. The minimum atomic E-state index is -0.443. The molecule has 158 valence electrons. The molecule has 0 aliphatic carbocycles. The summed E-state index contributed by atoms with van der Waals surface area (Å²) in [5, 5.41) is 19.8. The van der Waals surface area contributed by atoms with Crippen molar-refractivity contribution in [2.45, 2.75) is 37.1 Å². The number of nitro groups is 1. The zero-order chi connectivity index (χ0) is 22.0. The zero-order valence-electron chi connectivity index (χ0n) is 17.3. The summed E-state index contributed by atoms with van der Waals surface area (Å²) >= 11 is 1.53. The van der Waals surface area contributed by atoms with Gasteiger partial charge in [-0.05, 0) is 36.6 Å². The number of imidazole rings is 1. The van der Waals surface area contributed by atoms with Crippen LogP contribution in [-0.2, 0) is 0 Å². The first-order chi connectivity index (χ1) is 14.9. The molecule has 4 aromatic rings. The number of non-ortho nitro benzene ring substituents is 1. The summed E-state index contributed by atoms with van der Waals surface area (Å²) in [6, 6.07) is 14.3. The topological polar surface area (TPSA) is 99.9 Å². The van der Waals surface area contributed by atoms with Gasteiger partial charge in [0.25, 0.3) is 5.69 Å². The normalized spacial score (nSPS) is 12.3. The fraction of sp³-hybridized carbons (Fsp3) is 0.227. The predicted octanol–water partition coefficient (Wildman–Crippen LogP) is 5.81. The van der Waals surface area contributed by atoms with Gasteiger partial charge in [-0.3, -0.25) is 14.7 Å². The second kappa shape index (κ2) is 8.73. The fourth-order valence-electron chi connectivity index (χ4n) is 3.21. The Hall–Kier alpha value is -3.46. The molecule has 0 bridgehead atoms. The molecule has 0 N–H and O–H groups in total. The van der Waals surface area contributed by atoms with Crippen LogP contribution in [0.15, 0.2) is 70.5 Å². The summed E-state index contributed by atoms with van der Waals surface area (Å²) in [6.45, 7) is 6.32. The van der Waals surface area contributed by atoms with Crippen molar-refractivity contribution in [3.05, 3.63) is 82.5 Å². The molecule has 31 heavy (non-hydrogen) atoms. The Kier molecular flexibility index (Phi) is 5.85. The molecule has 2 aromatic carbocycles. The summed E-state index contributed by atoms with van der Waals surface area (Å²) in [6.07, 6.45) is 3.73. The van der Waals surface area contributed by atoms with Gasteiger partial charge < -0.3 is 4.42 Å². The van der Waals surface area contributed by atoms with Crippen molar-refractivity contribution < 1.29 is 9.34 Å². The van der Waals surface area contributed by atoms with Gasteiger partial charge in [0.05, 0.1) is 15.9 Å². The Balaban J connectivity index is 1.55. The Morgan fingerprint density at radius 2 is 1.81 bits per heavy atom. The van der Waals surface area contributed by atoms with E-state index < -0.39 is 4.92 Å². The molecular formula is C22H21N5O3S. The second-order valence-electron chi connectivity index (χ2n) is 7.30. The first-order valence-corrected chi connectivity index (χ1v) is 10.7. The molecule has 0 aliphatic heterocycles. The number of para-hydroxylation sites is 1. The monoisotopic (exact) mass is 435 g/mol. The second-order valence-corrected chi connectivity index (χ2v) is 8.61. The SMILES string of the molecule is CC(C)c1ccccc1-n1ccnc1SC(C)c1nnc(-c2ccc([N+](=O)[O-])cc2)o1. The average molecular weight is 436 g/mol. The third-order valence-corrected chi connectivity index (χ3v) is 5.89. The van der Waals surface area contributed by atoms with Crippen LogP contribution >= 0.6 is 11.8 Å². The van der Waals surface area contributed by atoms with Crippen LogP contribution in [0, 0.1) is 10.1 Å². The van der Waals surface area contributed by atoms with Crippen molar-refractivity contribution in [2.75, 3.05) is 0 Å². The average Bonchev–Trinajstić information content (AvgIpc) is 3.43. The molecule has 0 saturated carbocycles. The van der Waals surface area contributed by atoms with Gasteiger partial charge in [0.2, 0.25) is 11.8 Å². The number of aromatic nitrogens is 4. The number of rotatable bonds is 7. The summed E-state index contributed by atoms with van der Waals surface area (Å²) in [5.41, 5.74) is 2.99. The van der Waals surface area contributed by atoms with E-state index in [4.69, 9.17) is 4.42 Å². The van der Waals surface area contributed by atoms with Crippen LogP contribution in [0.2, 0.25) is 0 Å². The quantitative estimate of drug-likeness (QED) is 0.205. The third kappa shape index (κ3) is 4.36. The maximum absolute atomic E-state index is 10.8. The Labute approximate surface area is 183 Å². The standard InChI is InChI=1S/C22H21N5O3S/c1-14(2)18-6-4-5-7-19(18)26-13-12-23-22(26)31-15(3)20-24-25-21(30-20)16-8-10-17(11-9-16)27(28)29/h4-15H,1-3H3. The number of thioether (sulfide) groups is 1. The molecule has 0 fully saturated rings. The van der Waals surface area contributed by atoms with Crippen molar-refractivity contribution in [3.8, 4) is 17.1 Å². The van der Waals surface area contributed by atoms with Crippen LogP contribution < -0.4 is 0 Å². The van der Waals surface area contributed by atoms with Gasteiger partial charge in [-0.25, -0.2) is 4.98 Å².